The first-order valence-electron chi connectivity index (χ1n) is 6.94. The van der Waals surface area contributed by atoms with Gasteiger partial charge in [-0.05, 0) is 40.0 Å². The molecule has 1 aliphatic rings. The van der Waals surface area contributed by atoms with Crippen LogP contribution in [0.4, 0.5) is 5.69 Å². The van der Waals surface area contributed by atoms with Crippen LogP contribution in [-0.2, 0) is 6.54 Å². The lowest BCUT2D eigenvalue weighted by atomic mass is 10.2. The summed E-state index contributed by atoms with van der Waals surface area (Å²) in [6.45, 7) is 3.26. The maximum atomic E-state index is 4.25. The quantitative estimate of drug-likeness (QED) is 0.868. The Kier molecular flexibility index (Phi) is 4.33. The van der Waals surface area contributed by atoms with Crippen LogP contribution in [0.5, 0.6) is 0 Å². The van der Waals surface area contributed by atoms with E-state index >= 15 is 0 Å². The first-order valence-corrected chi connectivity index (χ1v) is 7.74. The molecule has 1 atom stereocenters. The van der Waals surface area contributed by atoms with Crippen LogP contribution in [0.15, 0.2) is 53.3 Å². The van der Waals surface area contributed by atoms with E-state index in [0.29, 0.717) is 6.04 Å². The third-order valence-corrected chi connectivity index (χ3v) is 4.27. The molecule has 0 aliphatic carbocycles. The van der Waals surface area contributed by atoms with Crippen LogP contribution in [0.2, 0.25) is 0 Å². The van der Waals surface area contributed by atoms with E-state index in [-0.39, 0.29) is 0 Å². The van der Waals surface area contributed by atoms with Gasteiger partial charge in [0.15, 0.2) is 0 Å². The van der Waals surface area contributed by atoms with Gasteiger partial charge >= 0.3 is 0 Å². The van der Waals surface area contributed by atoms with Gasteiger partial charge in [0.25, 0.3) is 0 Å². The van der Waals surface area contributed by atoms with Crippen LogP contribution in [0.25, 0.3) is 0 Å². The lowest BCUT2D eigenvalue weighted by molar-refractivity contribution is 0.328. The van der Waals surface area contributed by atoms with Gasteiger partial charge in [-0.15, -0.1) is 0 Å². The van der Waals surface area contributed by atoms with Gasteiger partial charge in [-0.2, -0.15) is 0 Å². The van der Waals surface area contributed by atoms with Gasteiger partial charge in [-0.25, -0.2) is 4.98 Å². The number of likely N-dealkylation sites (tertiary alicyclic amines) is 1. The molecule has 0 bridgehead atoms. The standard InChI is InChI=1S/C16H18BrN3/c17-16-15(7-4-9-18-16)19-14-8-10-20(12-14)11-13-5-2-1-3-6-13/h1-7,9,14,19H,8,10-12H2. The van der Waals surface area contributed by atoms with Crippen molar-refractivity contribution in [1.82, 2.24) is 9.88 Å². The molecule has 4 heteroatoms. The third-order valence-electron chi connectivity index (χ3n) is 3.64. The number of hydrogen-bond acceptors (Lipinski definition) is 3. The number of rotatable bonds is 4. The zero-order valence-corrected chi connectivity index (χ0v) is 12.9. The van der Waals surface area contributed by atoms with E-state index in [4.69, 9.17) is 0 Å². The van der Waals surface area contributed by atoms with E-state index < -0.39 is 0 Å². The van der Waals surface area contributed by atoms with Gasteiger partial charge in [0, 0.05) is 31.9 Å². The minimum Gasteiger partial charge on any atom is -0.379 e. The van der Waals surface area contributed by atoms with Gasteiger partial charge in [0.1, 0.15) is 4.60 Å². The molecule has 1 fully saturated rings. The van der Waals surface area contributed by atoms with Crippen LogP contribution in [0.1, 0.15) is 12.0 Å². The molecule has 1 unspecified atom stereocenters. The SMILES string of the molecule is Brc1ncccc1NC1CCN(Cc2ccccc2)C1. The second-order valence-corrected chi connectivity index (χ2v) is 5.94. The molecule has 0 saturated carbocycles. The van der Waals surface area contributed by atoms with Crippen LogP contribution in [0, 0.1) is 0 Å². The molecule has 20 heavy (non-hydrogen) atoms. The molecule has 2 aromatic rings. The van der Waals surface area contributed by atoms with Crippen molar-refractivity contribution < 1.29 is 0 Å². The molecule has 3 rings (SSSR count). The lowest BCUT2D eigenvalue weighted by Gasteiger charge is -2.17. The highest BCUT2D eigenvalue weighted by atomic mass is 79.9. The smallest absolute Gasteiger partial charge is 0.129 e. The molecule has 1 aliphatic heterocycles. The van der Waals surface area contributed by atoms with Crippen molar-refractivity contribution in [2.75, 3.05) is 18.4 Å². The monoisotopic (exact) mass is 331 g/mol. The van der Waals surface area contributed by atoms with Gasteiger partial charge in [-0.1, -0.05) is 30.3 Å². The zero-order chi connectivity index (χ0) is 13.8. The Hall–Kier alpha value is -1.39. The topological polar surface area (TPSA) is 28.2 Å². The van der Waals surface area contributed by atoms with Gasteiger partial charge in [0.2, 0.25) is 0 Å². The maximum Gasteiger partial charge on any atom is 0.129 e. The van der Waals surface area contributed by atoms with Crippen molar-refractivity contribution in [3.63, 3.8) is 0 Å². The summed E-state index contributed by atoms with van der Waals surface area (Å²) in [6, 6.07) is 15.2. The summed E-state index contributed by atoms with van der Waals surface area (Å²) >= 11 is 3.49. The number of pyridine rings is 1. The minimum absolute atomic E-state index is 0.499. The molecule has 1 aromatic carbocycles. The number of nitrogens with one attached hydrogen (secondary N) is 1. The van der Waals surface area contributed by atoms with Crippen molar-refractivity contribution in [2.45, 2.75) is 19.0 Å². The summed E-state index contributed by atoms with van der Waals surface area (Å²) < 4.78 is 0.890. The van der Waals surface area contributed by atoms with E-state index in [0.717, 1.165) is 29.9 Å². The molecule has 104 valence electrons. The lowest BCUT2D eigenvalue weighted by Crippen LogP contribution is -2.26. The van der Waals surface area contributed by atoms with E-state index in [1.165, 1.54) is 12.0 Å². The molecule has 0 radical (unpaired) electrons. The Balaban J connectivity index is 1.56. The Labute approximate surface area is 128 Å². The van der Waals surface area contributed by atoms with Crippen molar-refractivity contribution in [2.24, 2.45) is 0 Å². The average molecular weight is 332 g/mol. The molecular weight excluding hydrogens is 314 g/mol. The first kappa shape index (κ1) is 13.6. The summed E-state index contributed by atoms with van der Waals surface area (Å²) in [6.07, 6.45) is 2.97. The van der Waals surface area contributed by atoms with Crippen LogP contribution in [-0.4, -0.2) is 29.0 Å². The van der Waals surface area contributed by atoms with Gasteiger partial charge in [0.05, 0.1) is 5.69 Å². The Bertz CT molecular complexity index is 559. The molecule has 1 N–H and O–H groups in total. The van der Waals surface area contributed by atoms with Gasteiger partial charge < -0.3 is 5.32 Å². The molecule has 1 aromatic heterocycles. The predicted molar refractivity (Wildman–Crippen MR) is 85.7 cm³/mol. The average Bonchev–Trinajstić information content (AvgIpc) is 2.90. The van der Waals surface area contributed by atoms with E-state index in [1.807, 2.05) is 6.07 Å². The number of anilines is 1. The van der Waals surface area contributed by atoms with Gasteiger partial charge in [-0.3, -0.25) is 4.90 Å². The van der Waals surface area contributed by atoms with E-state index in [2.05, 4.69) is 67.5 Å². The largest absolute Gasteiger partial charge is 0.379 e. The normalized spacial score (nSPS) is 19.1. The van der Waals surface area contributed by atoms with Crippen molar-refractivity contribution in [3.05, 3.63) is 58.8 Å². The molecular formula is C16H18BrN3. The highest BCUT2D eigenvalue weighted by Gasteiger charge is 2.22. The number of halogens is 1. The zero-order valence-electron chi connectivity index (χ0n) is 11.3. The Morgan fingerprint density at radius 1 is 1.20 bits per heavy atom. The number of aromatic nitrogens is 1. The van der Waals surface area contributed by atoms with Crippen LogP contribution >= 0.6 is 15.9 Å². The number of benzene rings is 1. The van der Waals surface area contributed by atoms with Crippen LogP contribution < -0.4 is 5.32 Å². The summed E-state index contributed by atoms with van der Waals surface area (Å²) in [7, 11) is 0. The van der Waals surface area contributed by atoms with Crippen molar-refractivity contribution >= 4 is 21.6 Å². The predicted octanol–water partition coefficient (Wildman–Crippen LogP) is 3.53. The van der Waals surface area contributed by atoms with Crippen LogP contribution in [0.3, 0.4) is 0 Å². The molecule has 1 saturated heterocycles. The summed E-state index contributed by atoms with van der Waals surface area (Å²) in [5.74, 6) is 0. The van der Waals surface area contributed by atoms with E-state index in [9.17, 15) is 0 Å². The third kappa shape index (κ3) is 3.38. The molecule has 0 spiro atoms. The Morgan fingerprint density at radius 2 is 2.05 bits per heavy atom. The second-order valence-electron chi connectivity index (χ2n) is 5.19. The summed E-state index contributed by atoms with van der Waals surface area (Å²) in [4.78, 5) is 6.75. The molecule has 2 heterocycles. The fourth-order valence-electron chi connectivity index (χ4n) is 2.65. The molecule has 3 nitrogen and oxygen atoms in total. The van der Waals surface area contributed by atoms with E-state index in [1.54, 1.807) is 6.20 Å². The summed E-state index contributed by atoms with van der Waals surface area (Å²) in [5.41, 5.74) is 2.47. The van der Waals surface area contributed by atoms with Crippen molar-refractivity contribution in [3.8, 4) is 0 Å². The molecule has 0 amide bonds. The fourth-order valence-corrected chi connectivity index (χ4v) is 3.01. The number of nitrogens with zero attached hydrogens (tertiary/aromatic N) is 2. The Morgan fingerprint density at radius 3 is 2.85 bits per heavy atom. The summed E-state index contributed by atoms with van der Waals surface area (Å²) in [5, 5.41) is 3.57. The number of hydrogen-bond donors (Lipinski definition) is 1. The van der Waals surface area contributed by atoms with Crippen molar-refractivity contribution in [1.29, 1.82) is 0 Å². The fraction of sp³-hybridized carbons (Fsp3) is 0.312. The second kappa shape index (κ2) is 6.37. The highest BCUT2D eigenvalue weighted by molar-refractivity contribution is 9.10. The minimum atomic E-state index is 0.499. The highest BCUT2D eigenvalue weighted by Crippen LogP contribution is 2.22. The maximum absolute atomic E-state index is 4.25. The first-order chi connectivity index (χ1) is 9.81.